The molecule has 1 aromatic rings. The van der Waals surface area contributed by atoms with E-state index in [2.05, 4.69) is 43.4 Å². The molecule has 1 saturated heterocycles. The molecular weight excluding hydrogens is 302 g/mol. The molecule has 19 heavy (non-hydrogen) atoms. The Morgan fingerprint density at radius 1 is 1.21 bits per heavy atom. The van der Waals surface area contributed by atoms with E-state index in [1.54, 1.807) is 0 Å². The lowest BCUT2D eigenvalue weighted by Gasteiger charge is -2.21. The van der Waals surface area contributed by atoms with Crippen molar-refractivity contribution in [3.8, 4) is 0 Å². The Bertz CT molecular complexity index is 557. The van der Waals surface area contributed by atoms with Crippen LogP contribution in [0.3, 0.4) is 0 Å². The van der Waals surface area contributed by atoms with Crippen molar-refractivity contribution in [3.05, 3.63) is 34.3 Å². The number of allylic oxidation sites excluding steroid dienone is 4. The van der Waals surface area contributed by atoms with Crippen molar-refractivity contribution in [1.82, 2.24) is 15.3 Å². The molecule has 0 spiro atoms. The summed E-state index contributed by atoms with van der Waals surface area (Å²) in [7, 11) is 0. The van der Waals surface area contributed by atoms with Gasteiger partial charge in [-0.3, -0.25) is 0 Å². The van der Waals surface area contributed by atoms with Gasteiger partial charge in [0.05, 0.1) is 17.9 Å². The number of aromatic nitrogens is 2. The summed E-state index contributed by atoms with van der Waals surface area (Å²) in [5.74, 6) is 1.93. The van der Waals surface area contributed by atoms with E-state index in [0.717, 1.165) is 30.6 Å². The Morgan fingerprint density at radius 3 is 2.84 bits per heavy atom. The number of halogens is 1. The second-order valence-corrected chi connectivity index (χ2v) is 6.92. The minimum atomic E-state index is 0.457. The molecule has 1 aliphatic heterocycles. The summed E-state index contributed by atoms with van der Waals surface area (Å²) in [6, 6.07) is 1.19. The van der Waals surface area contributed by atoms with Gasteiger partial charge in [0.15, 0.2) is 0 Å². The van der Waals surface area contributed by atoms with Crippen LogP contribution in [0.1, 0.15) is 49.7 Å². The average molecular weight is 320 g/mol. The van der Waals surface area contributed by atoms with Gasteiger partial charge in [-0.25, -0.2) is 4.98 Å². The van der Waals surface area contributed by atoms with Gasteiger partial charge in [-0.15, -0.1) is 0 Å². The Morgan fingerprint density at radius 2 is 2.16 bits per heavy atom. The predicted octanol–water partition coefficient (Wildman–Crippen LogP) is 3.68. The van der Waals surface area contributed by atoms with Crippen LogP contribution < -0.4 is 5.32 Å². The van der Waals surface area contributed by atoms with Gasteiger partial charge in [-0.05, 0) is 48.1 Å². The van der Waals surface area contributed by atoms with E-state index in [-0.39, 0.29) is 0 Å². The van der Waals surface area contributed by atoms with E-state index in [1.807, 2.05) is 6.20 Å². The van der Waals surface area contributed by atoms with Gasteiger partial charge in [0.2, 0.25) is 0 Å². The van der Waals surface area contributed by atoms with Crippen LogP contribution in [0.15, 0.2) is 22.8 Å². The number of hydrogen-bond donors (Lipinski definition) is 2. The Balaban J connectivity index is 1.57. The number of rotatable bonds is 2. The molecule has 1 aromatic heterocycles. The second kappa shape index (κ2) is 4.60. The number of hydrogen-bond acceptors (Lipinski definition) is 2. The largest absolute Gasteiger partial charge is 0.341 e. The van der Waals surface area contributed by atoms with Crippen molar-refractivity contribution in [1.29, 1.82) is 0 Å². The first-order valence-corrected chi connectivity index (χ1v) is 7.95. The maximum atomic E-state index is 4.62. The van der Waals surface area contributed by atoms with E-state index in [1.165, 1.54) is 35.0 Å². The van der Waals surface area contributed by atoms with Crippen LogP contribution in [0.4, 0.5) is 0 Å². The van der Waals surface area contributed by atoms with Crippen molar-refractivity contribution in [2.24, 2.45) is 5.92 Å². The number of nitrogens with zero attached hydrogens (tertiary/aromatic N) is 1. The van der Waals surface area contributed by atoms with Gasteiger partial charge >= 0.3 is 0 Å². The molecule has 3 nitrogen and oxygen atoms in total. The molecular formula is C15H18BrN3. The molecule has 4 rings (SSSR count). The molecule has 1 saturated carbocycles. The molecule has 2 aliphatic carbocycles. The summed E-state index contributed by atoms with van der Waals surface area (Å²) < 4.78 is 1.28. The average Bonchev–Trinajstić information content (AvgIpc) is 3.15. The first-order chi connectivity index (χ1) is 9.29. The minimum Gasteiger partial charge on any atom is -0.341 e. The molecule has 3 atom stereocenters. The minimum absolute atomic E-state index is 0.457. The standard InChI is InChI=1S/C15H18BrN3/c16-11-4-1-9(2-5-11)13-8-17-15(19-13)14-10-3-6-12(7-10)18-14/h1,4,8,10,12,14,18H,2-3,5-7H2,(H,17,19). The Labute approximate surface area is 121 Å². The normalized spacial score (nSPS) is 33.4. The number of H-pyrrole nitrogens is 1. The first-order valence-electron chi connectivity index (χ1n) is 7.16. The van der Waals surface area contributed by atoms with Gasteiger partial charge < -0.3 is 10.3 Å². The number of fused-ring (bicyclic) bond motifs is 2. The third-order valence-electron chi connectivity index (χ3n) is 4.69. The van der Waals surface area contributed by atoms with Gasteiger partial charge in [0.25, 0.3) is 0 Å². The van der Waals surface area contributed by atoms with E-state index < -0.39 is 0 Å². The smallest absolute Gasteiger partial charge is 0.123 e. The fourth-order valence-electron chi connectivity index (χ4n) is 3.66. The summed E-state index contributed by atoms with van der Waals surface area (Å²) in [6.07, 6.45) is 12.6. The van der Waals surface area contributed by atoms with E-state index in [4.69, 9.17) is 0 Å². The number of piperidine rings is 1. The molecule has 0 aromatic carbocycles. The molecule has 0 radical (unpaired) electrons. The van der Waals surface area contributed by atoms with Gasteiger partial charge in [0, 0.05) is 6.04 Å². The van der Waals surface area contributed by atoms with Crippen LogP contribution >= 0.6 is 15.9 Å². The predicted molar refractivity (Wildman–Crippen MR) is 79.8 cm³/mol. The maximum absolute atomic E-state index is 4.62. The first kappa shape index (κ1) is 11.9. The van der Waals surface area contributed by atoms with Crippen molar-refractivity contribution < 1.29 is 0 Å². The lowest BCUT2D eigenvalue weighted by atomic mass is 9.99. The number of nitrogens with one attached hydrogen (secondary N) is 2. The SMILES string of the molecule is BrC1=CC=C(c2cnc(C3NC4CCC3C4)[nH]2)CC1. The zero-order valence-corrected chi connectivity index (χ0v) is 12.4. The van der Waals surface area contributed by atoms with Crippen LogP contribution in [0.5, 0.6) is 0 Å². The van der Waals surface area contributed by atoms with Crippen molar-refractivity contribution in [2.75, 3.05) is 0 Å². The third kappa shape index (κ3) is 2.11. The summed E-state index contributed by atoms with van der Waals surface area (Å²) in [5.41, 5.74) is 2.56. The number of aromatic amines is 1. The van der Waals surface area contributed by atoms with Gasteiger partial charge in [-0.2, -0.15) is 0 Å². The van der Waals surface area contributed by atoms with Crippen molar-refractivity contribution in [3.63, 3.8) is 0 Å². The summed E-state index contributed by atoms with van der Waals surface area (Å²) >= 11 is 3.55. The van der Waals surface area contributed by atoms with Crippen LogP contribution in [0.2, 0.25) is 0 Å². The monoisotopic (exact) mass is 319 g/mol. The maximum Gasteiger partial charge on any atom is 0.123 e. The highest BCUT2D eigenvalue weighted by Crippen LogP contribution is 2.42. The van der Waals surface area contributed by atoms with E-state index in [9.17, 15) is 0 Å². The van der Waals surface area contributed by atoms with Gasteiger partial charge in [0.1, 0.15) is 5.82 Å². The fourth-order valence-corrected chi connectivity index (χ4v) is 3.99. The summed E-state index contributed by atoms with van der Waals surface area (Å²) in [6.45, 7) is 0. The van der Waals surface area contributed by atoms with Crippen LogP contribution in [-0.4, -0.2) is 16.0 Å². The molecule has 100 valence electrons. The Hall–Kier alpha value is -0.870. The van der Waals surface area contributed by atoms with Crippen molar-refractivity contribution in [2.45, 2.75) is 44.2 Å². The summed E-state index contributed by atoms with van der Waals surface area (Å²) in [5, 5.41) is 3.70. The molecule has 2 bridgehead atoms. The molecule has 3 aliphatic rings. The highest BCUT2D eigenvalue weighted by molar-refractivity contribution is 9.11. The quantitative estimate of drug-likeness (QED) is 0.873. The van der Waals surface area contributed by atoms with E-state index >= 15 is 0 Å². The molecule has 2 fully saturated rings. The van der Waals surface area contributed by atoms with Crippen LogP contribution in [0, 0.1) is 5.92 Å². The highest BCUT2D eigenvalue weighted by atomic mass is 79.9. The van der Waals surface area contributed by atoms with Crippen LogP contribution in [0.25, 0.3) is 5.57 Å². The molecule has 0 amide bonds. The second-order valence-electron chi connectivity index (χ2n) is 5.90. The van der Waals surface area contributed by atoms with E-state index in [0.29, 0.717) is 6.04 Å². The molecule has 3 unspecified atom stereocenters. The zero-order chi connectivity index (χ0) is 12.8. The molecule has 2 heterocycles. The van der Waals surface area contributed by atoms with Crippen LogP contribution in [-0.2, 0) is 0 Å². The third-order valence-corrected chi connectivity index (χ3v) is 5.36. The molecule has 4 heteroatoms. The zero-order valence-electron chi connectivity index (χ0n) is 10.8. The number of imidazole rings is 1. The topological polar surface area (TPSA) is 40.7 Å². The Kier molecular flexibility index (Phi) is 2.88. The fraction of sp³-hybridized carbons (Fsp3) is 0.533. The molecule has 2 N–H and O–H groups in total. The lowest BCUT2D eigenvalue weighted by molar-refractivity contribution is 0.379. The van der Waals surface area contributed by atoms with Crippen molar-refractivity contribution >= 4 is 21.5 Å². The lowest BCUT2D eigenvalue weighted by Crippen LogP contribution is -2.29. The van der Waals surface area contributed by atoms with Gasteiger partial charge in [-0.1, -0.05) is 28.1 Å². The highest BCUT2D eigenvalue weighted by Gasteiger charge is 2.41. The summed E-state index contributed by atoms with van der Waals surface area (Å²) in [4.78, 5) is 8.16.